The first-order chi connectivity index (χ1) is 8.02. The molecule has 1 rings (SSSR count). The van der Waals surface area contributed by atoms with Crippen molar-refractivity contribution in [3.05, 3.63) is 35.1 Å². The zero-order chi connectivity index (χ0) is 12.8. The number of hydrogen-bond acceptors (Lipinski definition) is 3. The first kappa shape index (κ1) is 13.6. The third-order valence-corrected chi connectivity index (χ3v) is 2.67. The van der Waals surface area contributed by atoms with E-state index in [1.165, 1.54) is 13.2 Å². The minimum absolute atomic E-state index is 0.112. The largest absolute Gasteiger partial charge is 0.469 e. The highest BCUT2D eigenvalue weighted by molar-refractivity contribution is 5.69. The Hall–Kier alpha value is -1.42. The summed E-state index contributed by atoms with van der Waals surface area (Å²) in [5, 5.41) is 0. The molecule has 1 atom stereocenters. The minimum Gasteiger partial charge on any atom is -0.469 e. The fraction of sp³-hybridized carbons (Fsp3) is 0.462. The molecule has 0 aliphatic carbocycles. The Bertz CT molecular complexity index is 393. The molecule has 0 fully saturated rings. The lowest BCUT2D eigenvalue weighted by Gasteiger charge is -2.11. The number of carbonyl (C=O) groups is 1. The van der Waals surface area contributed by atoms with Gasteiger partial charge in [-0.3, -0.25) is 4.79 Å². The van der Waals surface area contributed by atoms with Crippen LogP contribution in [0.15, 0.2) is 18.2 Å². The molecule has 0 spiro atoms. The lowest BCUT2D eigenvalue weighted by molar-refractivity contribution is -0.140. The average molecular weight is 239 g/mol. The number of nitrogens with two attached hydrogens (primary N) is 1. The van der Waals surface area contributed by atoms with E-state index in [0.29, 0.717) is 24.8 Å². The number of rotatable bonds is 5. The van der Waals surface area contributed by atoms with Crippen molar-refractivity contribution in [2.24, 2.45) is 5.73 Å². The third-order valence-electron chi connectivity index (χ3n) is 2.67. The summed E-state index contributed by atoms with van der Waals surface area (Å²) in [5.74, 6) is -0.465. The topological polar surface area (TPSA) is 52.3 Å². The molecule has 94 valence electrons. The smallest absolute Gasteiger partial charge is 0.305 e. The van der Waals surface area contributed by atoms with Crippen molar-refractivity contribution in [1.29, 1.82) is 0 Å². The second-order valence-corrected chi connectivity index (χ2v) is 4.16. The predicted octanol–water partition coefficient (Wildman–Crippen LogP) is 1.96. The van der Waals surface area contributed by atoms with Crippen LogP contribution in [0.2, 0.25) is 0 Å². The Morgan fingerprint density at radius 3 is 2.82 bits per heavy atom. The Morgan fingerprint density at radius 1 is 1.53 bits per heavy atom. The van der Waals surface area contributed by atoms with Crippen molar-refractivity contribution in [3.63, 3.8) is 0 Å². The summed E-state index contributed by atoms with van der Waals surface area (Å²) >= 11 is 0. The number of esters is 1. The third kappa shape index (κ3) is 4.53. The summed E-state index contributed by atoms with van der Waals surface area (Å²) in [6, 6.07) is 4.84. The molecule has 1 aromatic rings. The Balaban J connectivity index is 2.47. The molecule has 0 bridgehead atoms. The van der Waals surface area contributed by atoms with Crippen LogP contribution in [0.1, 0.15) is 24.0 Å². The number of ether oxygens (including phenoxy) is 1. The molecule has 0 heterocycles. The summed E-state index contributed by atoms with van der Waals surface area (Å²) in [5.41, 5.74) is 7.50. The second kappa shape index (κ2) is 6.35. The molecule has 17 heavy (non-hydrogen) atoms. The lowest BCUT2D eigenvalue weighted by Crippen LogP contribution is -2.24. The average Bonchev–Trinajstić information content (AvgIpc) is 2.31. The van der Waals surface area contributed by atoms with Gasteiger partial charge in [0.15, 0.2) is 0 Å². The summed E-state index contributed by atoms with van der Waals surface area (Å²) in [7, 11) is 1.36. The van der Waals surface area contributed by atoms with Crippen LogP contribution < -0.4 is 5.73 Å². The number of halogens is 1. The van der Waals surface area contributed by atoms with E-state index in [-0.39, 0.29) is 17.8 Å². The SMILES string of the molecule is COC(=O)CCC(N)Cc1ccc(F)c(C)c1. The van der Waals surface area contributed by atoms with Crippen LogP contribution in [0.25, 0.3) is 0 Å². The molecule has 2 N–H and O–H groups in total. The van der Waals surface area contributed by atoms with Crippen LogP contribution in [-0.4, -0.2) is 19.1 Å². The van der Waals surface area contributed by atoms with E-state index in [0.717, 1.165) is 5.56 Å². The molecule has 0 saturated heterocycles. The van der Waals surface area contributed by atoms with Crippen molar-refractivity contribution in [1.82, 2.24) is 0 Å². The van der Waals surface area contributed by atoms with E-state index in [1.54, 1.807) is 19.1 Å². The highest BCUT2D eigenvalue weighted by atomic mass is 19.1. The van der Waals surface area contributed by atoms with Crippen LogP contribution in [0.4, 0.5) is 4.39 Å². The van der Waals surface area contributed by atoms with Crippen LogP contribution in [-0.2, 0) is 16.0 Å². The molecule has 0 aliphatic rings. The fourth-order valence-electron chi connectivity index (χ4n) is 1.64. The van der Waals surface area contributed by atoms with Gasteiger partial charge in [0.2, 0.25) is 0 Å². The van der Waals surface area contributed by atoms with E-state index in [9.17, 15) is 9.18 Å². The number of benzene rings is 1. The summed E-state index contributed by atoms with van der Waals surface area (Å²) in [6.07, 6.45) is 1.53. The van der Waals surface area contributed by atoms with Crippen LogP contribution in [0, 0.1) is 12.7 Å². The highest BCUT2D eigenvalue weighted by Crippen LogP contribution is 2.12. The molecule has 0 radical (unpaired) electrons. The van der Waals surface area contributed by atoms with Crippen LogP contribution >= 0.6 is 0 Å². The van der Waals surface area contributed by atoms with Gasteiger partial charge in [0, 0.05) is 12.5 Å². The normalized spacial score (nSPS) is 12.2. The van der Waals surface area contributed by atoms with Crippen LogP contribution in [0.3, 0.4) is 0 Å². The Morgan fingerprint density at radius 2 is 2.24 bits per heavy atom. The predicted molar refractivity (Wildman–Crippen MR) is 64.1 cm³/mol. The first-order valence-electron chi connectivity index (χ1n) is 5.60. The van der Waals surface area contributed by atoms with E-state index >= 15 is 0 Å². The van der Waals surface area contributed by atoms with Crippen molar-refractivity contribution in [2.75, 3.05) is 7.11 Å². The highest BCUT2D eigenvalue weighted by Gasteiger charge is 2.09. The van der Waals surface area contributed by atoms with E-state index in [2.05, 4.69) is 4.74 Å². The lowest BCUT2D eigenvalue weighted by atomic mass is 10.0. The molecule has 0 amide bonds. The maximum absolute atomic E-state index is 13.0. The number of methoxy groups -OCH3 is 1. The Labute approximate surface area is 101 Å². The van der Waals surface area contributed by atoms with E-state index < -0.39 is 0 Å². The summed E-state index contributed by atoms with van der Waals surface area (Å²) in [6.45, 7) is 1.72. The molecule has 0 aromatic heterocycles. The monoisotopic (exact) mass is 239 g/mol. The van der Waals surface area contributed by atoms with Gasteiger partial charge in [0.25, 0.3) is 0 Å². The van der Waals surface area contributed by atoms with Crippen LogP contribution in [0.5, 0.6) is 0 Å². The Kier molecular flexibility index (Phi) is 5.10. The standard InChI is InChI=1S/C13H18FNO2/c1-9-7-10(3-5-12(9)14)8-11(15)4-6-13(16)17-2/h3,5,7,11H,4,6,8,15H2,1-2H3. The second-order valence-electron chi connectivity index (χ2n) is 4.16. The zero-order valence-electron chi connectivity index (χ0n) is 10.2. The molecular formula is C13H18FNO2. The molecule has 0 saturated carbocycles. The van der Waals surface area contributed by atoms with Crippen molar-refractivity contribution < 1.29 is 13.9 Å². The van der Waals surface area contributed by atoms with Gasteiger partial charge in [-0.25, -0.2) is 4.39 Å². The van der Waals surface area contributed by atoms with Gasteiger partial charge in [-0.2, -0.15) is 0 Å². The molecular weight excluding hydrogens is 221 g/mol. The van der Waals surface area contributed by atoms with Gasteiger partial charge in [-0.05, 0) is 37.0 Å². The number of aryl methyl sites for hydroxylation is 1. The molecule has 4 heteroatoms. The molecule has 0 aliphatic heterocycles. The van der Waals surface area contributed by atoms with Crippen molar-refractivity contribution in [2.45, 2.75) is 32.2 Å². The van der Waals surface area contributed by atoms with Crippen molar-refractivity contribution in [3.8, 4) is 0 Å². The van der Waals surface area contributed by atoms with Crippen molar-refractivity contribution >= 4 is 5.97 Å². The maximum atomic E-state index is 13.0. The van der Waals surface area contributed by atoms with Gasteiger partial charge >= 0.3 is 5.97 Å². The van der Waals surface area contributed by atoms with Gasteiger partial charge in [0.05, 0.1) is 7.11 Å². The van der Waals surface area contributed by atoms with Gasteiger partial charge < -0.3 is 10.5 Å². The van der Waals surface area contributed by atoms with Gasteiger partial charge in [-0.1, -0.05) is 12.1 Å². The zero-order valence-corrected chi connectivity index (χ0v) is 10.2. The molecule has 3 nitrogen and oxygen atoms in total. The number of hydrogen-bond donors (Lipinski definition) is 1. The summed E-state index contributed by atoms with van der Waals surface area (Å²) < 4.78 is 17.6. The fourth-order valence-corrected chi connectivity index (χ4v) is 1.64. The first-order valence-corrected chi connectivity index (χ1v) is 5.60. The van der Waals surface area contributed by atoms with E-state index in [4.69, 9.17) is 5.73 Å². The number of carbonyl (C=O) groups excluding carboxylic acids is 1. The van der Waals surface area contributed by atoms with Gasteiger partial charge in [-0.15, -0.1) is 0 Å². The summed E-state index contributed by atoms with van der Waals surface area (Å²) in [4.78, 5) is 10.9. The molecule has 1 aromatic carbocycles. The maximum Gasteiger partial charge on any atom is 0.305 e. The minimum atomic E-state index is -0.254. The van der Waals surface area contributed by atoms with E-state index in [1.807, 2.05) is 0 Å². The van der Waals surface area contributed by atoms with Gasteiger partial charge in [0.1, 0.15) is 5.82 Å². The quantitative estimate of drug-likeness (QED) is 0.799. The molecule has 1 unspecified atom stereocenters.